The van der Waals surface area contributed by atoms with Crippen LogP contribution >= 0.6 is 0 Å². The molecule has 1 aliphatic heterocycles. The van der Waals surface area contributed by atoms with E-state index in [0.717, 1.165) is 17.6 Å². The molecule has 66 valence electrons. The zero-order valence-corrected chi connectivity index (χ0v) is 6.95. The molecule has 0 spiro atoms. The lowest BCUT2D eigenvalue weighted by Gasteiger charge is -1.97. The Bertz CT molecular complexity index is 342. The molecule has 0 radical (unpaired) electrons. The Morgan fingerprint density at radius 3 is 2.62 bits per heavy atom. The van der Waals surface area contributed by atoms with E-state index in [1.807, 2.05) is 12.1 Å². The van der Waals surface area contributed by atoms with Crippen LogP contribution in [0.2, 0.25) is 0 Å². The number of carbonyl (C=O) groups excluding carboxylic acids is 1. The molecule has 0 amide bonds. The van der Waals surface area contributed by atoms with Gasteiger partial charge in [0.25, 0.3) is 0 Å². The van der Waals surface area contributed by atoms with Gasteiger partial charge in [-0.15, -0.1) is 0 Å². The first-order valence-corrected chi connectivity index (χ1v) is 4.00. The van der Waals surface area contributed by atoms with Gasteiger partial charge in [-0.25, -0.2) is 11.0 Å². The van der Waals surface area contributed by atoms with Crippen molar-refractivity contribution < 1.29 is 4.79 Å². The third-order valence-electron chi connectivity index (χ3n) is 1.91. The van der Waals surface area contributed by atoms with Crippen LogP contribution in [0.4, 0.5) is 0 Å². The second-order valence-electron chi connectivity index (χ2n) is 2.76. The Labute approximate surface area is 75.6 Å². The Balaban J connectivity index is 2.26. The van der Waals surface area contributed by atoms with E-state index >= 15 is 0 Å². The highest BCUT2D eigenvalue weighted by atomic mass is 16.1. The predicted molar refractivity (Wildman–Crippen MR) is 49.5 cm³/mol. The Morgan fingerprint density at radius 2 is 2.08 bits per heavy atom. The number of hydrogen-bond acceptors (Lipinski definition) is 4. The van der Waals surface area contributed by atoms with Crippen molar-refractivity contribution in [2.45, 2.75) is 0 Å². The summed E-state index contributed by atoms with van der Waals surface area (Å²) in [4.78, 5) is 10.4. The minimum absolute atomic E-state index is 0.684. The van der Waals surface area contributed by atoms with Crippen LogP contribution < -0.4 is 11.0 Å². The van der Waals surface area contributed by atoms with Crippen molar-refractivity contribution in [1.29, 1.82) is 0 Å². The fraction of sp³-hybridized carbons (Fsp3) is 0.111. The Morgan fingerprint density at radius 1 is 1.31 bits per heavy atom. The maximum absolute atomic E-state index is 10.4. The van der Waals surface area contributed by atoms with Crippen LogP contribution in [0.1, 0.15) is 15.9 Å². The van der Waals surface area contributed by atoms with Crippen LogP contribution in [0.15, 0.2) is 29.4 Å². The van der Waals surface area contributed by atoms with E-state index in [-0.39, 0.29) is 0 Å². The van der Waals surface area contributed by atoms with E-state index < -0.39 is 0 Å². The van der Waals surface area contributed by atoms with Gasteiger partial charge in [-0.1, -0.05) is 24.3 Å². The zero-order valence-electron chi connectivity index (χ0n) is 6.95. The highest BCUT2D eigenvalue weighted by Crippen LogP contribution is 2.04. The first-order valence-electron chi connectivity index (χ1n) is 4.00. The van der Waals surface area contributed by atoms with E-state index in [1.54, 1.807) is 12.1 Å². The first kappa shape index (κ1) is 7.94. The van der Waals surface area contributed by atoms with Gasteiger partial charge < -0.3 is 0 Å². The van der Waals surface area contributed by atoms with E-state index in [2.05, 4.69) is 16.1 Å². The van der Waals surface area contributed by atoms with Gasteiger partial charge in [-0.05, 0) is 5.56 Å². The molecular weight excluding hydrogens is 166 g/mol. The fourth-order valence-corrected chi connectivity index (χ4v) is 1.19. The normalized spacial score (nSPS) is 14.9. The molecule has 0 aromatic heterocycles. The molecule has 0 atom stereocenters. The number of rotatable bonds is 2. The molecule has 2 rings (SSSR count). The van der Waals surface area contributed by atoms with Crippen molar-refractivity contribution in [1.82, 2.24) is 11.0 Å². The van der Waals surface area contributed by atoms with Gasteiger partial charge in [0.1, 0.15) is 6.29 Å². The molecule has 1 heterocycles. The SMILES string of the molecule is O=Cc1ccc(C2=NNNC2)cc1. The van der Waals surface area contributed by atoms with Gasteiger partial charge in [0.2, 0.25) is 0 Å². The van der Waals surface area contributed by atoms with Crippen LogP contribution in [0.3, 0.4) is 0 Å². The van der Waals surface area contributed by atoms with Crippen molar-refractivity contribution in [2.75, 3.05) is 6.54 Å². The summed E-state index contributed by atoms with van der Waals surface area (Å²) < 4.78 is 0. The summed E-state index contributed by atoms with van der Waals surface area (Å²) in [6.45, 7) is 0.709. The van der Waals surface area contributed by atoms with Crippen LogP contribution in [0.25, 0.3) is 0 Å². The highest BCUT2D eigenvalue weighted by molar-refractivity contribution is 6.02. The second-order valence-corrected chi connectivity index (χ2v) is 2.76. The van der Waals surface area contributed by atoms with Gasteiger partial charge in [-0.2, -0.15) is 5.10 Å². The van der Waals surface area contributed by atoms with Gasteiger partial charge in [0.15, 0.2) is 0 Å². The molecule has 1 aromatic carbocycles. The number of hydrazone groups is 1. The molecule has 0 bridgehead atoms. The monoisotopic (exact) mass is 175 g/mol. The molecule has 2 N–H and O–H groups in total. The average Bonchev–Trinajstić information content (AvgIpc) is 2.71. The first-order chi connectivity index (χ1) is 6.40. The summed E-state index contributed by atoms with van der Waals surface area (Å²) in [6.07, 6.45) is 0.830. The third kappa shape index (κ3) is 1.57. The van der Waals surface area contributed by atoms with Gasteiger partial charge >= 0.3 is 0 Å². The minimum Gasteiger partial charge on any atom is -0.298 e. The van der Waals surface area contributed by atoms with Gasteiger partial charge in [0.05, 0.1) is 12.3 Å². The van der Waals surface area contributed by atoms with Gasteiger partial charge in [-0.3, -0.25) is 4.79 Å². The van der Waals surface area contributed by atoms with Crippen LogP contribution in [0, 0.1) is 0 Å². The minimum atomic E-state index is 0.684. The number of nitrogens with zero attached hydrogens (tertiary/aromatic N) is 1. The number of aldehydes is 1. The number of carbonyl (C=O) groups is 1. The molecule has 0 saturated carbocycles. The number of nitrogens with one attached hydrogen (secondary N) is 2. The lowest BCUT2D eigenvalue weighted by Crippen LogP contribution is -2.22. The molecule has 0 saturated heterocycles. The molecule has 4 nitrogen and oxygen atoms in total. The van der Waals surface area contributed by atoms with Crippen molar-refractivity contribution >= 4 is 12.0 Å². The molecular formula is C9H9N3O. The highest BCUT2D eigenvalue weighted by Gasteiger charge is 2.07. The second kappa shape index (κ2) is 3.37. The van der Waals surface area contributed by atoms with Crippen molar-refractivity contribution in [3.05, 3.63) is 35.4 Å². The van der Waals surface area contributed by atoms with E-state index in [0.29, 0.717) is 12.1 Å². The largest absolute Gasteiger partial charge is 0.298 e. The maximum atomic E-state index is 10.4. The zero-order chi connectivity index (χ0) is 9.10. The summed E-state index contributed by atoms with van der Waals surface area (Å²) >= 11 is 0. The quantitative estimate of drug-likeness (QED) is 0.636. The van der Waals surface area contributed by atoms with E-state index in [4.69, 9.17) is 0 Å². The molecule has 1 aliphatic rings. The molecule has 13 heavy (non-hydrogen) atoms. The number of hydrazine groups is 1. The summed E-state index contributed by atoms with van der Waals surface area (Å²) in [5.41, 5.74) is 8.21. The average molecular weight is 175 g/mol. The number of hydrogen-bond donors (Lipinski definition) is 2. The van der Waals surface area contributed by atoms with Crippen LogP contribution in [-0.4, -0.2) is 18.5 Å². The summed E-state index contributed by atoms with van der Waals surface area (Å²) in [5.74, 6) is 0. The maximum Gasteiger partial charge on any atom is 0.150 e. The number of benzene rings is 1. The van der Waals surface area contributed by atoms with Crippen molar-refractivity contribution in [3.8, 4) is 0 Å². The lowest BCUT2D eigenvalue weighted by molar-refractivity contribution is 0.112. The van der Waals surface area contributed by atoms with E-state index in [1.165, 1.54) is 0 Å². The fourth-order valence-electron chi connectivity index (χ4n) is 1.19. The molecule has 0 aliphatic carbocycles. The standard InChI is InChI=1S/C9H9N3O/c13-6-7-1-3-8(4-2-7)9-5-10-12-11-9/h1-4,6,10,12H,5H2. The predicted octanol–water partition coefficient (Wildman–Crippen LogP) is 0.311. The molecule has 1 aromatic rings. The summed E-state index contributed by atoms with van der Waals surface area (Å²) in [6, 6.07) is 7.33. The smallest absolute Gasteiger partial charge is 0.150 e. The Kier molecular flexibility index (Phi) is 2.06. The van der Waals surface area contributed by atoms with Crippen molar-refractivity contribution in [3.63, 3.8) is 0 Å². The van der Waals surface area contributed by atoms with Crippen molar-refractivity contribution in [2.24, 2.45) is 5.10 Å². The molecule has 0 fully saturated rings. The third-order valence-corrected chi connectivity index (χ3v) is 1.91. The van der Waals surface area contributed by atoms with Crippen LogP contribution in [-0.2, 0) is 0 Å². The topological polar surface area (TPSA) is 53.5 Å². The lowest BCUT2D eigenvalue weighted by atomic mass is 10.1. The van der Waals surface area contributed by atoms with E-state index in [9.17, 15) is 4.79 Å². The van der Waals surface area contributed by atoms with Gasteiger partial charge in [0, 0.05) is 5.56 Å². The van der Waals surface area contributed by atoms with Crippen LogP contribution in [0.5, 0.6) is 0 Å². The summed E-state index contributed by atoms with van der Waals surface area (Å²) in [5, 5.41) is 4.03. The molecule has 4 heteroatoms. The summed E-state index contributed by atoms with van der Waals surface area (Å²) in [7, 11) is 0. The Hall–Kier alpha value is -1.68. The molecule has 0 unspecified atom stereocenters.